The molecule has 0 spiro atoms. The van der Waals surface area contributed by atoms with Gasteiger partial charge < -0.3 is 39.4 Å². The Kier molecular flexibility index (Phi) is 12.6. The number of imidazole rings is 1. The van der Waals surface area contributed by atoms with Gasteiger partial charge in [-0.05, 0) is 44.7 Å². The summed E-state index contributed by atoms with van der Waals surface area (Å²) in [6.07, 6.45) is -2.74. The molecule has 2 aromatic carbocycles. The highest BCUT2D eigenvalue weighted by atomic mass is 31.2. The van der Waals surface area contributed by atoms with Crippen molar-refractivity contribution in [1.82, 2.24) is 29.7 Å². The van der Waals surface area contributed by atoms with E-state index in [1.165, 1.54) is 24.9 Å². The summed E-state index contributed by atoms with van der Waals surface area (Å²) in [6, 6.07) is 15.6. The van der Waals surface area contributed by atoms with Gasteiger partial charge in [0, 0.05) is 0 Å². The second kappa shape index (κ2) is 16.9. The van der Waals surface area contributed by atoms with Crippen LogP contribution in [-0.2, 0) is 45.7 Å². The lowest BCUT2D eigenvalue weighted by molar-refractivity contribution is -0.145. The Labute approximate surface area is 300 Å². The number of aliphatic hydroxyl groups is 2. The third-order valence-electron chi connectivity index (χ3n) is 8.39. The molecule has 52 heavy (non-hydrogen) atoms. The van der Waals surface area contributed by atoms with Crippen LogP contribution in [0, 0.1) is 0 Å². The molecule has 0 bridgehead atoms. The number of benzene rings is 2. The van der Waals surface area contributed by atoms with Crippen molar-refractivity contribution in [3.05, 3.63) is 78.1 Å². The van der Waals surface area contributed by atoms with Gasteiger partial charge >= 0.3 is 19.6 Å². The van der Waals surface area contributed by atoms with Gasteiger partial charge in [0.1, 0.15) is 29.9 Å². The number of nitrogen functional groups attached to an aromatic ring is 1. The standard InChI is InChI=1S/C34H44N7O10P/c1-5-48-30(43)23(17-21-13-9-7-10-14-21)39-52(46,40-24(31(44)49-6-2)18-22-15-11-8-12-16-22)50-19-25-27(42)34(3,45)32(51-25)41-20-36-26-28(41)37-33(35)38-29(26)47-4/h7-16,20,23-25,27,32,42,45H,5-6,17-19H2,1-4H3,(H2,35,37,38)(H2,39,40,46)/t23-,24+,25-,27-,32-,34-,52?/m1/s1. The number of methoxy groups -OCH3 is 1. The SMILES string of the molecule is CCOC(=O)[C@H](Cc1ccccc1)NP(=O)(N[C@H](Cc1ccccc1)C(=O)OCC)OC[C@H]1O[C@@H](n2cnc3c(OC)nc(N)nc32)[C@](C)(O)[C@@H]1O. The summed E-state index contributed by atoms with van der Waals surface area (Å²) in [6.45, 7) is 4.15. The third-order valence-corrected chi connectivity index (χ3v) is 10.2. The van der Waals surface area contributed by atoms with E-state index < -0.39 is 62.3 Å². The van der Waals surface area contributed by atoms with Gasteiger partial charge in [0.05, 0.1) is 33.3 Å². The van der Waals surface area contributed by atoms with E-state index >= 15 is 0 Å². The molecular formula is C34H44N7O10P. The minimum atomic E-state index is -4.46. The number of nitrogens with two attached hydrogens (primary N) is 1. The molecule has 5 rings (SSSR count). The van der Waals surface area contributed by atoms with E-state index in [-0.39, 0.29) is 49.0 Å². The summed E-state index contributed by atoms with van der Waals surface area (Å²) in [5, 5.41) is 28.5. The van der Waals surface area contributed by atoms with Gasteiger partial charge in [0.25, 0.3) is 0 Å². The van der Waals surface area contributed by atoms with Crippen LogP contribution in [0.5, 0.6) is 5.88 Å². The molecule has 1 unspecified atom stereocenters. The number of carbonyl (C=O) groups excluding carboxylic acids is 2. The van der Waals surface area contributed by atoms with Crippen molar-refractivity contribution in [3.8, 4) is 5.88 Å². The highest BCUT2D eigenvalue weighted by molar-refractivity contribution is 7.54. The van der Waals surface area contributed by atoms with Crippen LogP contribution < -0.4 is 20.6 Å². The quantitative estimate of drug-likeness (QED) is 0.0770. The summed E-state index contributed by atoms with van der Waals surface area (Å²) >= 11 is 0. The maximum Gasteiger partial charge on any atom is 0.342 e. The molecule has 0 radical (unpaired) electrons. The average Bonchev–Trinajstić information content (AvgIpc) is 3.64. The molecule has 2 aromatic heterocycles. The van der Waals surface area contributed by atoms with Crippen molar-refractivity contribution < 1.29 is 47.8 Å². The summed E-state index contributed by atoms with van der Waals surface area (Å²) in [5.41, 5.74) is 5.77. The fourth-order valence-electron chi connectivity index (χ4n) is 5.85. The van der Waals surface area contributed by atoms with Gasteiger partial charge in [-0.25, -0.2) is 15.2 Å². The zero-order valence-corrected chi connectivity index (χ0v) is 30.1. The van der Waals surface area contributed by atoms with Gasteiger partial charge in [-0.1, -0.05) is 60.7 Å². The van der Waals surface area contributed by atoms with Crippen LogP contribution in [-0.4, -0.2) is 98.5 Å². The lowest BCUT2D eigenvalue weighted by atomic mass is 9.96. The van der Waals surface area contributed by atoms with Crippen molar-refractivity contribution in [1.29, 1.82) is 0 Å². The van der Waals surface area contributed by atoms with Crippen molar-refractivity contribution >= 4 is 36.7 Å². The number of aromatic nitrogens is 4. The lowest BCUT2D eigenvalue weighted by Gasteiger charge is -2.30. The Morgan fingerprint density at radius 1 is 0.981 bits per heavy atom. The maximum absolute atomic E-state index is 14.9. The Morgan fingerprint density at radius 3 is 2.02 bits per heavy atom. The fraction of sp³-hybridized carbons (Fsp3) is 0.441. The number of anilines is 1. The van der Waals surface area contributed by atoms with Crippen LogP contribution in [0.15, 0.2) is 67.0 Å². The molecule has 18 heteroatoms. The molecule has 0 aliphatic carbocycles. The van der Waals surface area contributed by atoms with Crippen LogP contribution >= 0.6 is 7.67 Å². The average molecular weight is 742 g/mol. The first-order chi connectivity index (χ1) is 24.9. The Bertz CT molecular complexity index is 1790. The van der Waals surface area contributed by atoms with Crippen LogP contribution in [0.1, 0.15) is 38.1 Å². The second-order valence-corrected chi connectivity index (χ2v) is 14.1. The number of esters is 2. The lowest BCUT2D eigenvalue weighted by Crippen LogP contribution is -2.47. The van der Waals surface area contributed by atoms with E-state index in [2.05, 4.69) is 25.1 Å². The molecule has 3 heterocycles. The number of nitrogens with one attached hydrogen (secondary N) is 2. The molecule has 0 amide bonds. The first-order valence-electron chi connectivity index (χ1n) is 16.7. The molecule has 6 N–H and O–H groups in total. The number of rotatable bonds is 17. The molecule has 1 aliphatic rings. The van der Waals surface area contributed by atoms with Gasteiger partial charge in [0.2, 0.25) is 11.8 Å². The van der Waals surface area contributed by atoms with Gasteiger partial charge in [0.15, 0.2) is 17.4 Å². The van der Waals surface area contributed by atoms with E-state index in [9.17, 15) is 24.4 Å². The van der Waals surface area contributed by atoms with Crippen molar-refractivity contribution in [2.24, 2.45) is 0 Å². The topological polar surface area (TPSA) is 232 Å². The highest BCUT2D eigenvalue weighted by Crippen LogP contribution is 2.44. The molecule has 1 aliphatic heterocycles. The van der Waals surface area contributed by atoms with Crippen LogP contribution in [0.2, 0.25) is 0 Å². The normalized spacial score (nSPS) is 22.4. The van der Waals surface area contributed by atoms with Crippen LogP contribution in [0.3, 0.4) is 0 Å². The van der Waals surface area contributed by atoms with E-state index in [1.807, 2.05) is 12.1 Å². The van der Waals surface area contributed by atoms with E-state index in [4.69, 9.17) is 29.2 Å². The highest BCUT2D eigenvalue weighted by Gasteiger charge is 2.54. The van der Waals surface area contributed by atoms with Crippen LogP contribution in [0.4, 0.5) is 5.95 Å². The van der Waals surface area contributed by atoms with E-state index in [0.717, 1.165) is 11.1 Å². The molecule has 0 saturated carbocycles. The van der Waals surface area contributed by atoms with Crippen molar-refractivity contribution in [3.63, 3.8) is 0 Å². The first-order valence-corrected chi connectivity index (χ1v) is 18.3. The number of hydrogen-bond donors (Lipinski definition) is 5. The second-order valence-electron chi connectivity index (χ2n) is 12.2. The Hall–Kier alpha value is -4.48. The predicted molar refractivity (Wildman–Crippen MR) is 188 cm³/mol. The minimum absolute atomic E-state index is 0.0494. The van der Waals surface area contributed by atoms with Gasteiger partial charge in [-0.2, -0.15) is 9.97 Å². The summed E-state index contributed by atoms with van der Waals surface area (Å²) in [5.74, 6) is -1.45. The smallest absolute Gasteiger partial charge is 0.342 e. The van der Waals surface area contributed by atoms with E-state index in [1.54, 1.807) is 62.4 Å². The fourth-order valence-corrected chi connectivity index (χ4v) is 7.64. The molecular weight excluding hydrogens is 697 g/mol. The number of fused-ring (bicyclic) bond motifs is 1. The number of aliphatic hydroxyl groups excluding tert-OH is 1. The zero-order chi connectivity index (χ0) is 37.5. The largest absolute Gasteiger partial charge is 0.479 e. The molecule has 17 nitrogen and oxygen atoms in total. The number of hydrogen-bond acceptors (Lipinski definition) is 14. The first kappa shape index (κ1) is 38.7. The molecule has 1 saturated heterocycles. The molecule has 1 fully saturated rings. The molecule has 7 atom stereocenters. The Morgan fingerprint density at radius 2 is 1.52 bits per heavy atom. The van der Waals surface area contributed by atoms with E-state index in [0.29, 0.717) is 0 Å². The number of nitrogens with zero attached hydrogens (tertiary/aromatic N) is 4. The Balaban J connectivity index is 1.46. The third kappa shape index (κ3) is 8.93. The monoisotopic (exact) mass is 741 g/mol. The summed E-state index contributed by atoms with van der Waals surface area (Å²) in [7, 11) is -3.08. The van der Waals surface area contributed by atoms with Crippen molar-refractivity contribution in [2.45, 2.75) is 69.7 Å². The minimum Gasteiger partial charge on any atom is -0.479 e. The number of carbonyl (C=O) groups is 2. The predicted octanol–water partition coefficient (Wildman–Crippen LogP) is 2.08. The number of ether oxygens (including phenoxy) is 4. The van der Waals surface area contributed by atoms with Crippen molar-refractivity contribution in [2.75, 3.05) is 32.7 Å². The van der Waals surface area contributed by atoms with Crippen LogP contribution in [0.25, 0.3) is 11.2 Å². The molecule has 280 valence electrons. The zero-order valence-electron chi connectivity index (χ0n) is 29.2. The van der Waals surface area contributed by atoms with Gasteiger partial charge in [-0.3, -0.25) is 18.7 Å². The maximum atomic E-state index is 14.9. The molecule has 4 aromatic rings. The summed E-state index contributed by atoms with van der Waals surface area (Å²) < 4.78 is 44.3. The summed E-state index contributed by atoms with van der Waals surface area (Å²) in [4.78, 5) is 39.1. The van der Waals surface area contributed by atoms with Gasteiger partial charge in [-0.15, -0.1) is 0 Å².